The predicted octanol–water partition coefficient (Wildman–Crippen LogP) is 3.38. The molecule has 1 aliphatic heterocycles. The van der Waals surface area contributed by atoms with Crippen molar-refractivity contribution < 1.29 is 9.69 Å². The average Bonchev–Trinajstić information content (AvgIpc) is 2.61. The van der Waals surface area contributed by atoms with E-state index in [0.717, 1.165) is 17.7 Å². The summed E-state index contributed by atoms with van der Waals surface area (Å²) in [5.41, 5.74) is 1.87. The maximum absolute atomic E-state index is 13.1. The van der Waals surface area contributed by atoms with Crippen molar-refractivity contribution in [1.29, 1.82) is 0 Å². The zero-order valence-electron chi connectivity index (χ0n) is 13.3. The lowest BCUT2D eigenvalue weighted by atomic mass is 9.89. The van der Waals surface area contributed by atoms with E-state index in [2.05, 4.69) is 12.1 Å². The van der Waals surface area contributed by atoms with Gasteiger partial charge in [-0.05, 0) is 49.1 Å². The molecule has 120 valence electrons. The number of hydrogen-bond acceptors (Lipinski definition) is 1. The molecule has 0 aromatic heterocycles. The molecule has 1 saturated heterocycles. The quantitative estimate of drug-likeness (QED) is 0.835. The van der Waals surface area contributed by atoms with Gasteiger partial charge in [0.25, 0.3) is 0 Å². The summed E-state index contributed by atoms with van der Waals surface area (Å²) in [7, 11) is 0. The van der Waals surface area contributed by atoms with E-state index in [1.807, 2.05) is 30.3 Å². The van der Waals surface area contributed by atoms with Gasteiger partial charge in [-0.25, -0.2) is 0 Å². The molecule has 0 spiro atoms. The van der Waals surface area contributed by atoms with Gasteiger partial charge in [-0.3, -0.25) is 4.79 Å². The fourth-order valence-electron chi connectivity index (χ4n) is 3.41. The molecule has 1 heterocycles. The largest absolute Gasteiger partial charge is 0.334 e. The number of Topliss-reactive ketones (excluding diaryl/α,β-unsaturated/α-hetero) is 1. The van der Waals surface area contributed by atoms with Gasteiger partial charge in [-0.15, -0.1) is 0 Å². The van der Waals surface area contributed by atoms with E-state index in [4.69, 9.17) is 11.6 Å². The van der Waals surface area contributed by atoms with Crippen LogP contribution >= 0.6 is 11.6 Å². The Kier molecular flexibility index (Phi) is 5.47. The summed E-state index contributed by atoms with van der Waals surface area (Å²) in [6.07, 6.45) is 3.86. The summed E-state index contributed by atoms with van der Waals surface area (Å²) in [6.45, 7) is 3.24. The molecule has 3 heteroatoms. The zero-order valence-corrected chi connectivity index (χ0v) is 14.1. The highest BCUT2D eigenvalue weighted by Gasteiger charge is 2.27. The van der Waals surface area contributed by atoms with Crippen LogP contribution in [0, 0.1) is 0 Å². The Labute approximate surface area is 143 Å². The molecule has 0 bridgehead atoms. The highest BCUT2D eigenvalue weighted by atomic mass is 35.5. The molecular formula is C20H23ClNO+. The van der Waals surface area contributed by atoms with Gasteiger partial charge in [0.2, 0.25) is 0 Å². The Morgan fingerprint density at radius 1 is 0.957 bits per heavy atom. The number of likely N-dealkylation sites (tertiary alicyclic amines) is 1. The number of nitrogens with one attached hydrogen (secondary N) is 1. The van der Waals surface area contributed by atoms with Crippen molar-refractivity contribution in [2.24, 2.45) is 0 Å². The number of carbonyl (C=O) groups excluding carboxylic acids is 1. The SMILES string of the molecule is O=C(c1ccc(Cl)cc1)[C@H](C[NH+]1CCCCC1)c1ccccc1. The maximum Gasteiger partial charge on any atom is 0.175 e. The van der Waals surface area contributed by atoms with E-state index in [9.17, 15) is 4.79 Å². The third-order valence-electron chi connectivity index (χ3n) is 4.70. The van der Waals surface area contributed by atoms with E-state index < -0.39 is 0 Å². The van der Waals surface area contributed by atoms with Crippen molar-refractivity contribution in [3.8, 4) is 0 Å². The summed E-state index contributed by atoms with van der Waals surface area (Å²) < 4.78 is 0. The van der Waals surface area contributed by atoms with Crippen LogP contribution in [0.1, 0.15) is 41.1 Å². The Morgan fingerprint density at radius 2 is 1.61 bits per heavy atom. The third kappa shape index (κ3) is 4.21. The number of ketones is 1. The fraction of sp³-hybridized carbons (Fsp3) is 0.350. The summed E-state index contributed by atoms with van der Waals surface area (Å²) in [6, 6.07) is 17.4. The molecule has 0 radical (unpaired) electrons. The van der Waals surface area contributed by atoms with Crippen LogP contribution in [-0.4, -0.2) is 25.4 Å². The third-order valence-corrected chi connectivity index (χ3v) is 4.95. The molecule has 2 aromatic rings. The first-order valence-corrected chi connectivity index (χ1v) is 8.80. The molecule has 2 aromatic carbocycles. The van der Waals surface area contributed by atoms with Crippen LogP contribution in [0.3, 0.4) is 0 Å². The zero-order chi connectivity index (χ0) is 16.1. The Hall–Kier alpha value is -1.64. The smallest absolute Gasteiger partial charge is 0.175 e. The van der Waals surface area contributed by atoms with Crippen molar-refractivity contribution in [2.45, 2.75) is 25.2 Å². The molecule has 1 atom stereocenters. The lowest BCUT2D eigenvalue weighted by Crippen LogP contribution is -3.13. The van der Waals surface area contributed by atoms with Gasteiger partial charge in [-0.2, -0.15) is 0 Å². The molecule has 1 fully saturated rings. The minimum atomic E-state index is -0.0783. The monoisotopic (exact) mass is 328 g/mol. The van der Waals surface area contributed by atoms with Crippen molar-refractivity contribution in [3.63, 3.8) is 0 Å². The molecule has 0 unspecified atom stereocenters. The van der Waals surface area contributed by atoms with E-state index in [-0.39, 0.29) is 11.7 Å². The molecule has 0 amide bonds. The van der Waals surface area contributed by atoms with Crippen molar-refractivity contribution >= 4 is 17.4 Å². The molecule has 0 saturated carbocycles. The highest BCUT2D eigenvalue weighted by molar-refractivity contribution is 6.30. The minimum absolute atomic E-state index is 0.0783. The van der Waals surface area contributed by atoms with Gasteiger partial charge in [-0.1, -0.05) is 41.9 Å². The molecule has 1 N–H and O–H groups in total. The average molecular weight is 329 g/mol. The maximum atomic E-state index is 13.1. The first kappa shape index (κ1) is 16.2. The van der Waals surface area contributed by atoms with Crippen LogP contribution in [-0.2, 0) is 0 Å². The molecular weight excluding hydrogens is 306 g/mol. The number of quaternary nitrogens is 1. The minimum Gasteiger partial charge on any atom is -0.334 e. The summed E-state index contributed by atoms with van der Waals surface area (Å²) in [4.78, 5) is 14.6. The van der Waals surface area contributed by atoms with E-state index in [1.54, 1.807) is 17.0 Å². The lowest BCUT2D eigenvalue weighted by Gasteiger charge is -2.27. The van der Waals surface area contributed by atoms with Gasteiger partial charge in [0.05, 0.1) is 25.6 Å². The van der Waals surface area contributed by atoms with Crippen molar-refractivity contribution in [1.82, 2.24) is 0 Å². The molecule has 23 heavy (non-hydrogen) atoms. The first-order chi connectivity index (χ1) is 11.2. The molecule has 0 aliphatic carbocycles. The van der Waals surface area contributed by atoms with Crippen LogP contribution in [0.4, 0.5) is 0 Å². The van der Waals surface area contributed by atoms with Crippen molar-refractivity contribution in [2.75, 3.05) is 19.6 Å². The summed E-state index contributed by atoms with van der Waals surface area (Å²) in [5, 5.41) is 0.666. The van der Waals surface area contributed by atoms with Gasteiger partial charge < -0.3 is 4.90 Å². The van der Waals surface area contributed by atoms with Gasteiger partial charge in [0, 0.05) is 10.6 Å². The number of benzene rings is 2. The second-order valence-corrected chi connectivity index (χ2v) is 6.79. The fourth-order valence-corrected chi connectivity index (χ4v) is 3.53. The van der Waals surface area contributed by atoms with E-state index >= 15 is 0 Å². The Balaban J connectivity index is 1.84. The summed E-state index contributed by atoms with van der Waals surface area (Å²) >= 11 is 5.95. The number of halogens is 1. The van der Waals surface area contributed by atoms with Crippen LogP contribution < -0.4 is 4.90 Å². The van der Waals surface area contributed by atoms with E-state index in [0.29, 0.717) is 5.02 Å². The standard InChI is InChI=1S/C20H22ClNO/c21-18-11-9-17(10-12-18)20(23)19(16-7-3-1-4-8-16)15-22-13-5-2-6-14-22/h1,3-4,7-12,19H,2,5-6,13-15H2/p+1/t19-/m1/s1. The number of piperidine rings is 1. The van der Waals surface area contributed by atoms with Gasteiger partial charge in [0.1, 0.15) is 0 Å². The molecule has 1 aliphatic rings. The van der Waals surface area contributed by atoms with Crippen LogP contribution in [0.15, 0.2) is 54.6 Å². The first-order valence-electron chi connectivity index (χ1n) is 8.42. The second-order valence-electron chi connectivity index (χ2n) is 6.35. The number of carbonyl (C=O) groups is 1. The van der Waals surface area contributed by atoms with Crippen LogP contribution in [0.25, 0.3) is 0 Å². The van der Waals surface area contributed by atoms with Gasteiger partial charge in [0.15, 0.2) is 5.78 Å². The topological polar surface area (TPSA) is 21.5 Å². The Morgan fingerprint density at radius 3 is 2.26 bits per heavy atom. The van der Waals surface area contributed by atoms with E-state index in [1.165, 1.54) is 32.4 Å². The predicted molar refractivity (Wildman–Crippen MR) is 94.4 cm³/mol. The normalized spacial score (nSPS) is 16.9. The van der Waals surface area contributed by atoms with Crippen molar-refractivity contribution in [3.05, 3.63) is 70.7 Å². The van der Waals surface area contributed by atoms with Crippen LogP contribution in [0.2, 0.25) is 5.02 Å². The second kappa shape index (κ2) is 7.76. The Bertz CT molecular complexity index is 632. The molecule has 3 rings (SSSR count). The molecule has 2 nitrogen and oxygen atoms in total. The van der Waals surface area contributed by atoms with Crippen LogP contribution in [0.5, 0.6) is 0 Å². The highest BCUT2D eigenvalue weighted by Crippen LogP contribution is 2.21. The lowest BCUT2D eigenvalue weighted by molar-refractivity contribution is -0.905. The number of rotatable bonds is 5. The van der Waals surface area contributed by atoms with Gasteiger partial charge >= 0.3 is 0 Å². The summed E-state index contributed by atoms with van der Waals surface area (Å²) in [5.74, 6) is 0.122. The number of hydrogen-bond donors (Lipinski definition) is 1.